The maximum atomic E-state index is 11.9. The number of aryl methyl sites for hydroxylation is 3. The van der Waals surface area contributed by atoms with Crippen molar-refractivity contribution in [1.29, 1.82) is 0 Å². The van der Waals surface area contributed by atoms with Crippen LogP contribution in [0.1, 0.15) is 24.7 Å². The Morgan fingerprint density at radius 3 is 2.78 bits per heavy atom. The first-order valence-electron chi connectivity index (χ1n) is 7.08. The van der Waals surface area contributed by atoms with Gasteiger partial charge in [0.1, 0.15) is 0 Å². The first-order chi connectivity index (χ1) is 10.9. The third-order valence-electron chi connectivity index (χ3n) is 3.27. The molecule has 0 saturated carbocycles. The minimum absolute atomic E-state index is 0.166. The molecule has 0 aliphatic heterocycles. The number of hydrogen-bond donors (Lipinski definition) is 1. The van der Waals surface area contributed by atoms with Crippen molar-refractivity contribution in [2.24, 2.45) is 0 Å². The molecule has 0 radical (unpaired) electrons. The highest BCUT2D eigenvalue weighted by Gasteiger charge is 2.16. The summed E-state index contributed by atoms with van der Waals surface area (Å²) in [5.41, 5.74) is 1.40. The fourth-order valence-corrected chi connectivity index (χ4v) is 2.46. The van der Waals surface area contributed by atoms with Gasteiger partial charge in [-0.1, -0.05) is 0 Å². The molecular formula is C13H17BrN6O3. The number of nitrogens with zero attached hydrogens (tertiary/aromatic N) is 5. The molecule has 1 N–H and O–H groups in total. The number of hydrogen-bond acceptors (Lipinski definition) is 5. The Kier molecular flexibility index (Phi) is 5.48. The number of amides is 1. The molecule has 2 heterocycles. The molecule has 10 heteroatoms. The Morgan fingerprint density at radius 1 is 1.48 bits per heavy atom. The summed E-state index contributed by atoms with van der Waals surface area (Å²) in [5.74, 6) is -0.377. The Hall–Kier alpha value is -2.23. The summed E-state index contributed by atoms with van der Waals surface area (Å²) in [6, 6.07) is 1.38. The van der Waals surface area contributed by atoms with Crippen molar-refractivity contribution in [3.05, 3.63) is 38.2 Å². The van der Waals surface area contributed by atoms with E-state index in [2.05, 4.69) is 31.4 Å². The van der Waals surface area contributed by atoms with Crippen LogP contribution in [-0.2, 0) is 24.4 Å². The molecule has 2 aromatic heterocycles. The van der Waals surface area contributed by atoms with Crippen molar-refractivity contribution in [2.75, 3.05) is 0 Å². The summed E-state index contributed by atoms with van der Waals surface area (Å²) in [6.45, 7) is 5.06. The number of aromatic nitrogens is 4. The largest absolute Gasteiger partial charge is 0.390 e. The Labute approximate surface area is 140 Å². The maximum absolute atomic E-state index is 11.9. The molecular weight excluding hydrogens is 368 g/mol. The van der Waals surface area contributed by atoms with Gasteiger partial charge in [-0.15, -0.1) is 0 Å². The zero-order valence-electron chi connectivity index (χ0n) is 12.8. The molecule has 0 saturated heterocycles. The zero-order chi connectivity index (χ0) is 17.0. The monoisotopic (exact) mass is 384 g/mol. The predicted molar refractivity (Wildman–Crippen MR) is 85.7 cm³/mol. The molecule has 124 valence electrons. The first kappa shape index (κ1) is 17.1. The van der Waals surface area contributed by atoms with Crippen molar-refractivity contribution in [3.63, 3.8) is 0 Å². The van der Waals surface area contributed by atoms with E-state index in [1.54, 1.807) is 11.6 Å². The van der Waals surface area contributed by atoms with Crippen molar-refractivity contribution < 1.29 is 9.72 Å². The lowest BCUT2D eigenvalue weighted by Gasteiger charge is -2.03. The molecule has 2 aromatic rings. The van der Waals surface area contributed by atoms with E-state index in [1.165, 1.54) is 10.7 Å². The van der Waals surface area contributed by atoms with Crippen LogP contribution in [0, 0.1) is 17.0 Å². The van der Waals surface area contributed by atoms with Gasteiger partial charge < -0.3 is 15.4 Å². The highest BCUT2D eigenvalue weighted by atomic mass is 79.9. The smallest absolute Gasteiger partial charge is 0.358 e. The van der Waals surface area contributed by atoms with Crippen molar-refractivity contribution in [2.45, 2.75) is 39.9 Å². The summed E-state index contributed by atoms with van der Waals surface area (Å²) in [6.07, 6.45) is 2.04. The Bertz CT molecular complexity index is 723. The van der Waals surface area contributed by atoms with E-state index in [1.807, 2.05) is 13.1 Å². The van der Waals surface area contributed by atoms with Crippen LogP contribution in [0.25, 0.3) is 0 Å². The van der Waals surface area contributed by atoms with E-state index in [-0.39, 0.29) is 24.7 Å². The van der Waals surface area contributed by atoms with Gasteiger partial charge in [0, 0.05) is 19.2 Å². The fourth-order valence-electron chi connectivity index (χ4n) is 2.01. The third-order valence-corrected chi connectivity index (χ3v) is 3.93. The Balaban J connectivity index is 1.85. The van der Waals surface area contributed by atoms with Gasteiger partial charge in [0.2, 0.25) is 5.91 Å². The number of nitrogens with one attached hydrogen (secondary N) is 1. The minimum Gasteiger partial charge on any atom is -0.358 e. The average Bonchev–Trinajstić information content (AvgIpc) is 3.06. The minimum atomic E-state index is -0.550. The van der Waals surface area contributed by atoms with Gasteiger partial charge in [-0.3, -0.25) is 9.48 Å². The second-order valence-corrected chi connectivity index (χ2v) is 5.78. The SMILES string of the molecule is CCn1cc(Br)c(CNC(=O)CCn2nc([N+](=O)[O-])cc2C)n1. The van der Waals surface area contributed by atoms with Gasteiger partial charge in [0.15, 0.2) is 0 Å². The van der Waals surface area contributed by atoms with Gasteiger partial charge in [0.05, 0.1) is 40.1 Å². The molecule has 0 fully saturated rings. The molecule has 0 unspecified atom stereocenters. The first-order valence-corrected chi connectivity index (χ1v) is 7.87. The summed E-state index contributed by atoms with van der Waals surface area (Å²) >= 11 is 3.40. The van der Waals surface area contributed by atoms with Crippen LogP contribution >= 0.6 is 15.9 Å². The number of nitro groups is 1. The van der Waals surface area contributed by atoms with Gasteiger partial charge in [0.25, 0.3) is 0 Å². The zero-order valence-corrected chi connectivity index (χ0v) is 14.4. The van der Waals surface area contributed by atoms with E-state index in [4.69, 9.17) is 0 Å². The lowest BCUT2D eigenvalue weighted by molar-refractivity contribution is -0.389. The average molecular weight is 385 g/mol. The quantitative estimate of drug-likeness (QED) is 0.578. The third kappa shape index (κ3) is 4.38. The second-order valence-electron chi connectivity index (χ2n) is 4.93. The number of carbonyl (C=O) groups excluding carboxylic acids is 1. The molecule has 0 spiro atoms. The standard InChI is InChI=1S/C13H17BrN6O3/c1-3-18-8-10(14)11(16-18)7-15-13(21)4-5-19-9(2)6-12(17-19)20(22)23/h6,8H,3-5,7H2,1-2H3,(H,15,21). The van der Waals surface area contributed by atoms with E-state index >= 15 is 0 Å². The van der Waals surface area contributed by atoms with Gasteiger partial charge >= 0.3 is 5.82 Å². The van der Waals surface area contributed by atoms with E-state index in [0.29, 0.717) is 12.2 Å². The highest BCUT2D eigenvalue weighted by Crippen LogP contribution is 2.14. The molecule has 0 aromatic carbocycles. The molecule has 2 rings (SSSR count). The van der Waals surface area contributed by atoms with Crippen LogP contribution in [0.3, 0.4) is 0 Å². The van der Waals surface area contributed by atoms with Crippen molar-refractivity contribution in [1.82, 2.24) is 24.9 Å². The summed E-state index contributed by atoms with van der Waals surface area (Å²) < 4.78 is 4.08. The second kappa shape index (κ2) is 7.36. The van der Waals surface area contributed by atoms with E-state index < -0.39 is 4.92 Å². The Morgan fingerprint density at radius 2 is 2.22 bits per heavy atom. The lowest BCUT2D eigenvalue weighted by atomic mass is 10.3. The van der Waals surface area contributed by atoms with Crippen LogP contribution < -0.4 is 5.32 Å². The lowest BCUT2D eigenvalue weighted by Crippen LogP contribution is -2.24. The number of halogens is 1. The fraction of sp³-hybridized carbons (Fsp3) is 0.462. The van der Waals surface area contributed by atoms with Crippen LogP contribution in [-0.4, -0.2) is 30.4 Å². The normalized spacial score (nSPS) is 10.7. The predicted octanol–water partition coefficient (Wildman–Crippen LogP) is 1.79. The van der Waals surface area contributed by atoms with Gasteiger partial charge in [-0.05, 0) is 34.7 Å². The van der Waals surface area contributed by atoms with Crippen molar-refractivity contribution >= 4 is 27.7 Å². The van der Waals surface area contributed by atoms with Gasteiger partial charge in [-0.25, -0.2) is 0 Å². The molecule has 0 aliphatic carbocycles. The molecule has 0 bridgehead atoms. The molecule has 0 aliphatic rings. The van der Waals surface area contributed by atoms with Crippen LogP contribution in [0.5, 0.6) is 0 Å². The molecule has 23 heavy (non-hydrogen) atoms. The summed E-state index contributed by atoms with van der Waals surface area (Å²) in [7, 11) is 0. The molecule has 0 atom stereocenters. The summed E-state index contributed by atoms with van der Waals surface area (Å²) in [4.78, 5) is 22.0. The summed E-state index contributed by atoms with van der Waals surface area (Å²) in [5, 5.41) is 21.6. The van der Waals surface area contributed by atoms with Crippen LogP contribution in [0.2, 0.25) is 0 Å². The van der Waals surface area contributed by atoms with E-state index in [9.17, 15) is 14.9 Å². The van der Waals surface area contributed by atoms with Crippen LogP contribution in [0.4, 0.5) is 5.82 Å². The molecule has 9 nitrogen and oxygen atoms in total. The maximum Gasteiger partial charge on any atom is 0.390 e. The number of rotatable bonds is 7. The molecule has 1 amide bonds. The van der Waals surface area contributed by atoms with E-state index in [0.717, 1.165) is 16.7 Å². The van der Waals surface area contributed by atoms with Crippen LogP contribution in [0.15, 0.2) is 16.7 Å². The number of carbonyl (C=O) groups is 1. The van der Waals surface area contributed by atoms with Crippen molar-refractivity contribution in [3.8, 4) is 0 Å². The highest BCUT2D eigenvalue weighted by molar-refractivity contribution is 9.10. The van der Waals surface area contributed by atoms with Gasteiger partial charge in [-0.2, -0.15) is 9.78 Å². The topological polar surface area (TPSA) is 108 Å².